The van der Waals surface area contributed by atoms with E-state index in [9.17, 15) is 14.0 Å². The average Bonchev–Trinajstić information content (AvgIpc) is 3.00. The van der Waals surface area contributed by atoms with E-state index in [0.717, 1.165) is 11.1 Å². The number of hydrogen-bond donors (Lipinski definition) is 2. The third kappa shape index (κ3) is 4.46. The molecule has 1 unspecified atom stereocenters. The number of carbonyl (C=O) groups excluding carboxylic acids is 2. The molecule has 4 aromatic rings. The maximum absolute atomic E-state index is 14.8. The van der Waals surface area contributed by atoms with Gasteiger partial charge in [0.2, 0.25) is 6.17 Å². The summed E-state index contributed by atoms with van der Waals surface area (Å²) in [5.41, 5.74) is 4.05. The summed E-state index contributed by atoms with van der Waals surface area (Å²) in [6.45, 7) is 0. The molecule has 0 aliphatic carbocycles. The third-order valence-electron chi connectivity index (χ3n) is 6.00. The van der Waals surface area contributed by atoms with Crippen LogP contribution in [-0.4, -0.2) is 30.9 Å². The fraction of sp³-hybridized carbons (Fsp3) is 0.0690. The molecule has 0 spiro atoms. The Bertz CT molecular complexity index is 1470. The summed E-state index contributed by atoms with van der Waals surface area (Å²) in [5, 5.41) is 5.50. The van der Waals surface area contributed by atoms with E-state index in [1.54, 1.807) is 55.6 Å². The quantitative estimate of drug-likeness (QED) is 0.409. The van der Waals surface area contributed by atoms with Crippen molar-refractivity contribution in [3.8, 4) is 11.1 Å². The lowest BCUT2D eigenvalue weighted by Crippen LogP contribution is -2.47. The van der Waals surface area contributed by atoms with E-state index in [2.05, 4.69) is 15.6 Å². The van der Waals surface area contributed by atoms with Crippen LogP contribution in [0.3, 0.4) is 0 Å². The monoisotopic (exact) mass is 478 g/mol. The van der Waals surface area contributed by atoms with Crippen molar-refractivity contribution >= 4 is 29.0 Å². The predicted molar refractivity (Wildman–Crippen MR) is 140 cm³/mol. The minimum Gasteiger partial charge on any atom is -0.311 e. The van der Waals surface area contributed by atoms with Crippen molar-refractivity contribution < 1.29 is 14.0 Å². The largest absolute Gasteiger partial charge is 0.321 e. The Morgan fingerprint density at radius 2 is 1.42 bits per heavy atom. The fourth-order valence-corrected chi connectivity index (χ4v) is 4.23. The van der Waals surface area contributed by atoms with Gasteiger partial charge in [0, 0.05) is 23.7 Å². The smallest absolute Gasteiger partial charge is 0.311 e. The Balaban J connectivity index is 1.49. The van der Waals surface area contributed by atoms with Gasteiger partial charge in [-0.2, -0.15) is 0 Å². The van der Waals surface area contributed by atoms with E-state index in [1.807, 2.05) is 48.5 Å². The summed E-state index contributed by atoms with van der Waals surface area (Å²) in [6.07, 6.45) is -1.26. The van der Waals surface area contributed by atoms with Crippen molar-refractivity contribution in [1.82, 2.24) is 5.32 Å². The minimum atomic E-state index is -1.26. The lowest BCUT2D eigenvalue weighted by molar-refractivity contribution is -0.119. The predicted octanol–water partition coefficient (Wildman–Crippen LogP) is 5.45. The minimum absolute atomic E-state index is 0.245. The second kappa shape index (κ2) is 9.84. The number of hydrogen-bond acceptors (Lipinski definition) is 3. The molecular formula is C29H23FN4O2. The average molecular weight is 479 g/mol. The van der Waals surface area contributed by atoms with Crippen molar-refractivity contribution in [2.45, 2.75) is 6.17 Å². The molecule has 0 saturated carbocycles. The van der Waals surface area contributed by atoms with E-state index in [4.69, 9.17) is 0 Å². The molecule has 0 saturated heterocycles. The van der Waals surface area contributed by atoms with Gasteiger partial charge in [-0.05, 0) is 29.8 Å². The van der Waals surface area contributed by atoms with Gasteiger partial charge < -0.3 is 15.5 Å². The first-order valence-corrected chi connectivity index (χ1v) is 11.4. The number of halogens is 1. The fourth-order valence-electron chi connectivity index (χ4n) is 4.23. The van der Waals surface area contributed by atoms with Crippen molar-refractivity contribution in [2.24, 2.45) is 4.99 Å². The Labute approximate surface area is 208 Å². The summed E-state index contributed by atoms with van der Waals surface area (Å²) in [7, 11) is 1.61. The number of benzene rings is 4. The number of urea groups is 1. The lowest BCUT2D eigenvalue weighted by Gasteiger charge is -2.21. The summed E-state index contributed by atoms with van der Waals surface area (Å²) in [4.78, 5) is 32.4. The van der Waals surface area contributed by atoms with Crippen molar-refractivity contribution in [1.29, 1.82) is 0 Å². The number of aliphatic imine (C=N–C) groups is 1. The topological polar surface area (TPSA) is 73.8 Å². The Kier molecular flexibility index (Phi) is 6.28. The zero-order valence-corrected chi connectivity index (χ0v) is 19.5. The number of fused-ring (bicyclic) bond motifs is 1. The van der Waals surface area contributed by atoms with Crippen LogP contribution in [0.5, 0.6) is 0 Å². The number of nitrogens with one attached hydrogen (secondary N) is 2. The molecule has 1 aliphatic rings. The molecule has 1 heterocycles. The molecule has 2 N–H and O–H groups in total. The number of anilines is 2. The highest BCUT2D eigenvalue weighted by molar-refractivity contribution is 6.20. The molecule has 4 aromatic carbocycles. The van der Waals surface area contributed by atoms with Crippen LogP contribution in [0.4, 0.5) is 20.6 Å². The Hall–Kier alpha value is -4.78. The van der Waals surface area contributed by atoms with Gasteiger partial charge in [0.05, 0.1) is 17.1 Å². The number of benzodiazepines with no additional fused rings is 1. The van der Waals surface area contributed by atoms with E-state index in [1.165, 1.54) is 11.0 Å². The highest BCUT2D eigenvalue weighted by Gasteiger charge is 2.31. The van der Waals surface area contributed by atoms with Gasteiger partial charge in [-0.1, -0.05) is 78.9 Å². The molecule has 1 atom stereocenters. The SMILES string of the molecule is CN1C(=O)C(NC(=O)Nc2ccccc2-c2ccccc2)N=C(c2ccccc2F)c2ccccc21. The van der Waals surface area contributed by atoms with E-state index in [-0.39, 0.29) is 11.3 Å². The first-order valence-electron chi connectivity index (χ1n) is 11.4. The molecule has 0 aromatic heterocycles. The van der Waals surface area contributed by atoms with Crippen LogP contribution in [0.25, 0.3) is 11.1 Å². The summed E-state index contributed by atoms with van der Waals surface area (Å²) < 4.78 is 14.8. The normalized spacial score (nSPS) is 14.9. The number of rotatable bonds is 4. The van der Waals surface area contributed by atoms with Gasteiger partial charge in [-0.15, -0.1) is 0 Å². The van der Waals surface area contributed by atoms with Crippen molar-refractivity contribution in [2.75, 3.05) is 17.3 Å². The standard InChI is InChI=1S/C29H23FN4O2/c1-34-25-18-10-7-15-22(25)26(21-14-5-8-16-23(21)30)32-27(28(34)35)33-29(36)31-24-17-9-6-13-20(24)19-11-3-2-4-12-19/h2-18,27H,1H3,(H2,31,33,36). The van der Waals surface area contributed by atoms with Gasteiger partial charge in [-0.3, -0.25) is 4.79 Å². The highest BCUT2D eigenvalue weighted by atomic mass is 19.1. The second-order valence-corrected chi connectivity index (χ2v) is 8.28. The van der Waals surface area contributed by atoms with Crippen LogP contribution in [0, 0.1) is 5.82 Å². The maximum atomic E-state index is 14.8. The zero-order chi connectivity index (χ0) is 25.1. The Morgan fingerprint density at radius 1 is 0.806 bits per heavy atom. The molecule has 178 valence electrons. The van der Waals surface area contributed by atoms with Crippen molar-refractivity contribution in [3.63, 3.8) is 0 Å². The highest BCUT2D eigenvalue weighted by Crippen LogP contribution is 2.29. The van der Waals surface area contributed by atoms with E-state index < -0.39 is 23.9 Å². The van der Waals surface area contributed by atoms with Crippen LogP contribution in [0.2, 0.25) is 0 Å². The number of nitrogens with zero attached hydrogens (tertiary/aromatic N) is 2. The summed E-state index contributed by atoms with van der Waals surface area (Å²) in [5.74, 6) is -0.914. The van der Waals surface area contributed by atoms with Gasteiger partial charge >= 0.3 is 6.03 Å². The second-order valence-electron chi connectivity index (χ2n) is 8.28. The van der Waals surface area contributed by atoms with Crippen LogP contribution in [0.15, 0.2) is 108 Å². The first-order chi connectivity index (χ1) is 17.5. The van der Waals surface area contributed by atoms with E-state index >= 15 is 0 Å². The number of likely N-dealkylation sites (N-methyl/N-ethyl adjacent to an activating group) is 1. The van der Waals surface area contributed by atoms with Crippen LogP contribution < -0.4 is 15.5 Å². The molecule has 6 nitrogen and oxygen atoms in total. The summed E-state index contributed by atoms with van der Waals surface area (Å²) in [6, 6.07) is 29.8. The molecule has 5 rings (SSSR count). The summed E-state index contributed by atoms with van der Waals surface area (Å²) >= 11 is 0. The molecule has 7 heteroatoms. The molecule has 0 radical (unpaired) electrons. The van der Waals surface area contributed by atoms with Crippen LogP contribution in [-0.2, 0) is 4.79 Å². The van der Waals surface area contributed by atoms with Crippen molar-refractivity contribution in [3.05, 3.63) is 120 Å². The van der Waals surface area contributed by atoms with Gasteiger partial charge in [0.15, 0.2) is 0 Å². The molecule has 1 aliphatic heterocycles. The first kappa shape index (κ1) is 23.0. The maximum Gasteiger partial charge on any atom is 0.321 e. The lowest BCUT2D eigenvalue weighted by atomic mass is 10.00. The molecule has 0 fully saturated rings. The van der Waals surface area contributed by atoms with Crippen LogP contribution >= 0.6 is 0 Å². The van der Waals surface area contributed by atoms with Gasteiger partial charge in [0.25, 0.3) is 5.91 Å². The van der Waals surface area contributed by atoms with Gasteiger partial charge in [-0.25, -0.2) is 14.2 Å². The Morgan fingerprint density at radius 3 is 2.17 bits per heavy atom. The number of carbonyl (C=O) groups is 2. The van der Waals surface area contributed by atoms with Crippen LogP contribution in [0.1, 0.15) is 11.1 Å². The number of amides is 3. The molecule has 0 bridgehead atoms. The van der Waals surface area contributed by atoms with Gasteiger partial charge in [0.1, 0.15) is 5.82 Å². The zero-order valence-electron chi connectivity index (χ0n) is 19.5. The number of para-hydroxylation sites is 2. The van der Waals surface area contributed by atoms with E-state index in [0.29, 0.717) is 16.9 Å². The molecular weight excluding hydrogens is 455 g/mol. The third-order valence-corrected chi connectivity index (χ3v) is 6.00. The molecule has 3 amide bonds. The molecule has 36 heavy (non-hydrogen) atoms.